The number of rotatable bonds is 5. The van der Waals surface area contributed by atoms with Crippen LogP contribution in [0.5, 0.6) is 0 Å². The molecule has 0 saturated heterocycles. The quantitative estimate of drug-likeness (QED) is 0.787. The van der Waals surface area contributed by atoms with Crippen molar-refractivity contribution in [2.75, 3.05) is 0 Å². The van der Waals surface area contributed by atoms with Gasteiger partial charge in [-0.15, -0.1) is 11.3 Å². The number of nitrogens with one attached hydrogen (secondary N) is 2. The molecule has 2 heterocycles. The zero-order valence-corrected chi connectivity index (χ0v) is 12.4. The van der Waals surface area contributed by atoms with Gasteiger partial charge < -0.3 is 10.7 Å². The fourth-order valence-electron chi connectivity index (χ4n) is 1.74. The highest BCUT2D eigenvalue weighted by Crippen LogP contribution is 2.24. The lowest BCUT2D eigenvalue weighted by Crippen LogP contribution is -2.26. The summed E-state index contributed by atoms with van der Waals surface area (Å²) in [5.41, 5.74) is 6.15. The molecule has 4 N–H and O–H groups in total. The number of H-pyrrole nitrogens is 1. The highest BCUT2D eigenvalue weighted by atomic mass is 32.2. The molecule has 0 spiro atoms. The van der Waals surface area contributed by atoms with Crippen molar-refractivity contribution in [1.82, 2.24) is 9.71 Å². The van der Waals surface area contributed by atoms with Gasteiger partial charge in [0, 0.05) is 28.2 Å². The van der Waals surface area contributed by atoms with E-state index in [4.69, 9.17) is 5.73 Å². The molecule has 0 radical (unpaired) electrons. The first-order valence-corrected chi connectivity index (χ1v) is 8.18. The third kappa shape index (κ3) is 3.24. The normalized spacial score (nSPS) is 13.6. The molecule has 0 amide bonds. The van der Waals surface area contributed by atoms with E-state index < -0.39 is 10.0 Å². The fourth-order valence-corrected chi connectivity index (χ4v) is 3.93. The second-order valence-corrected chi connectivity index (χ2v) is 7.39. The van der Waals surface area contributed by atoms with E-state index in [9.17, 15) is 8.42 Å². The van der Waals surface area contributed by atoms with Crippen LogP contribution < -0.4 is 10.5 Å². The molecule has 1 atom stereocenters. The van der Waals surface area contributed by atoms with Crippen molar-refractivity contribution < 1.29 is 8.42 Å². The summed E-state index contributed by atoms with van der Waals surface area (Å²) in [5, 5.41) is 0. The van der Waals surface area contributed by atoms with Crippen molar-refractivity contribution in [3.63, 3.8) is 0 Å². The molecule has 0 aliphatic rings. The molecule has 0 bridgehead atoms. The van der Waals surface area contributed by atoms with Crippen LogP contribution in [-0.2, 0) is 16.6 Å². The van der Waals surface area contributed by atoms with Crippen LogP contribution in [0.25, 0.3) is 0 Å². The Morgan fingerprint density at radius 3 is 2.74 bits per heavy atom. The van der Waals surface area contributed by atoms with Gasteiger partial charge in [-0.25, -0.2) is 13.1 Å². The van der Waals surface area contributed by atoms with Crippen molar-refractivity contribution in [1.29, 1.82) is 0 Å². The summed E-state index contributed by atoms with van der Waals surface area (Å²) in [6.45, 7) is 4.11. The summed E-state index contributed by atoms with van der Waals surface area (Å²) in [6, 6.07) is 5.22. The van der Waals surface area contributed by atoms with E-state index in [1.165, 1.54) is 6.20 Å². The summed E-state index contributed by atoms with van der Waals surface area (Å²) in [5.74, 6) is 0. The molecule has 2 rings (SSSR count). The first-order valence-electron chi connectivity index (χ1n) is 5.88. The number of aryl methyl sites for hydroxylation is 1. The van der Waals surface area contributed by atoms with E-state index in [0.29, 0.717) is 5.69 Å². The van der Waals surface area contributed by atoms with E-state index in [1.54, 1.807) is 17.4 Å². The Bertz CT molecular complexity index is 658. The lowest BCUT2D eigenvalue weighted by Gasteiger charge is -2.11. The first-order chi connectivity index (χ1) is 8.92. The van der Waals surface area contributed by atoms with Gasteiger partial charge in [-0.2, -0.15) is 0 Å². The van der Waals surface area contributed by atoms with Gasteiger partial charge in [-0.3, -0.25) is 0 Å². The van der Waals surface area contributed by atoms with Crippen LogP contribution >= 0.6 is 11.3 Å². The second-order valence-electron chi connectivity index (χ2n) is 4.36. The van der Waals surface area contributed by atoms with Crippen molar-refractivity contribution in [2.45, 2.75) is 31.3 Å². The molecule has 0 aliphatic heterocycles. The van der Waals surface area contributed by atoms with Crippen LogP contribution in [0.1, 0.15) is 28.4 Å². The Hall–Kier alpha value is -1.15. The summed E-state index contributed by atoms with van der Waals surface area (Å²) in [7, 11) is -3.52. The lowest BCUT2D eigenvalue weighted by molar-refractivity contribution is 0.568. The minimum absolute atomic E-state index is 0.216. The third-order valence-electron chi connectivity index (χ3n) is 2.77. The average molecular weight is 299 g/mol. The first kappa shape index (κ1) is 14.3. The van der Waals surface area contributed by atoms with E-state index in [0.717, 1.165) is 9.75 Å². The van der Waals surface area contributed by atoms with E-state index in [-0.39, 0.29) is 17.5 Å². The summed E-state index contributed by atoms with van der Waals surface area (Å²) >= 11 is 1.59. The Labute approximate surface area is 116 Å². The van der Waals surface area contributed by atoms with Gasteiger partial charge in [0.2, 0.25) is 10.0 Å². The Balaban J connectivity index is 2.17. The number of aromatic amines is 1. The van der Waals surface area contributed by atoms with Gasteiger partial charge in [0.05, 0.1) is 10.9 Å². The molecule has 5 nitrogen and oxygen atoms in total. The standard InChI is InChI=1S/C12H17N3O2S2/c1-8-3-4-12(18-8)9(2)15-19(16,17)11-5-10(6-13)14-7-11/h3-5,7,9,14-15H,6,13H2,1-2H3. The molecule has 1 unspecified atom stereocenters. The van der Waals surface area contributed by atoms with Gasteiger partial charge in [-0.1, -0.05) is 0 Å². The molecular formula is C12H17N3O2S2. The number of thiophene rings is 1. The zero-order valence-electron chi connectivity index (χ0n) is 10.8. The molecule has 7 heteroatoms. The molecule has 0 aliphatic carbocycles. The van der Waals surface area contributed by atoms with Gasteiger partial charge in [0.15, 0.2) is 0 Å². The van der Waals surface area contributed by atoms with Crippen molar-refractivity contribution in [3.05, 3.63) is 39.8 Å². The third-order valence-corrected chi connectivity index (χ3v) is 5.47. The number of aromatic nitrogens is 1. The number of nitrogens with two attached hydrogens (primary N) is 1. The second kappa shape index (κ2) is 5.46. The Kier molecular flexibility index (Phi) is 4.10. The van der Waals surface area contributed by atoms with Crippen LogP contribution in [0.2, 0.25) is 0 Å². The predicted molar refractivity (Wildman–Crippen MR) is 76.5 cm³/mol. The van der Waals surface area contributed by atoms with Crippen LogP contribution in [-0.4, -0.2) is 13.4 Å². The number of sulfonamides is 1. The summed E-state index contributed by atoms with van der Waals surface area (Å²) in [6.07, 6.45) is 1.46. The molecular weight excluding hydrogens is 282 g/mol. The van der Waals surface area contributed by atoms with Crippen molar-refractivity contribution in [2.24, 2.45) is 5.73 Å². The van der Waals surface area contributed by atoms with E-state index >= 15 is 0 Å². The highest BCUT2D eigenvalue weighted by Gasteiger charge is 2.20. The number of hydrogen-bond acceptors (Lipinski definition) is 4. The molecule has 0 saturated carbocycles. The molecule has 19 heavy (non-hydrogen) atoms. The van der Waals surface area contributed by atoms with E-state index in [2.05, 4.69) is 9.71 Å². The van der Waals surface area contributed by atoms with Crippen molar-refractivity contribution in [3.8, 4) is 0 Å². The summed E-state index contributed by atoms with van der Waals surface area (Å²) in [4.78, 5) is 5.21. The predicted octanol–water partition coefficient (Wildman–Crippen LogP) is 1.88. The molecule has 0 fully saturated rings. The SMILES string of the molecule is Cc1ccc(C(C)NS(=O)(=O)c2c[nH]c(CN)c2)s1. The van der Waals surface area contributed by atoms with Crippen LogP contribution in [0.3, 0.4) is 0 Å². The Morgan fingerprint density at radius 2 is 2.21 bits per heavy atom. The maximum Gasteiger partial charge on any atom is 0.242 e. The molecule has 0 aromatic carbocycles. The largest absolute Gasteiger partial charge is 0.363 e. The minimum atomic E-state index is -3.52. The van der Waals surface area contributed by atoms with E-state index in [1.807, 2.05) is 26.0 Å². The monoisotopic (exact) mass is 299 g/mol. The Morgan fingerprint density at radius 1 is 1.47 bits per heavy atom. The van der Waals surface area contributed by atoms with Crippen LogP contribution in [0.15, 0.2) is 29.3 Å². The maximum absolute atomic E-state index is 12.2. The number of hydrogen-bond donors (Lipinski definition) is 3. The zero-order chi connectivity index (χ0) is 14.0. The molecule has 104 valence electrons. The maximum atomic E-state index is 12.2. The lowest BCUT2D eigenvalue weighted by atomic mass is 10.3. The molecule has 2 aromatic heterocycles. The summed E-state index contributed by atoms with van der Waals surface area (Å²) < 4.78 is 27.0. The van der Waals surface area contributed by atoms with Gasteiger partial charge in [-0.05, 0) is 32.0 Å². The average Bonchev–Trinajstić information content (AvgIpc) is 2.96. The smallest absolute Gasteiger partial charge is 0.242 e. The fraction of sp³-hybridized carbons (Fsp3) is 0.333. The van der Waals surface area contributed by atoms with Gasteiger partial charge >= 0.3 is 0 Å². The molecule has 2 aromatic rings. The highest BCUT2D eigenvalue weighted by molar-refractivity contribution is 7.89. The van der Waals surface area contributed by atoms with Crippen LogP contribution in [0.4, 0.5) is 0 Å². The van der Waals surface area contributed by atoms with Crippen LogP contribution in [0, 0.1) is 6.92 Å². The topological polar surface area (TPSA) is 88.0 Å². The minimum Gasteiger partial charge on any atom is -0.363 e. The van der Waals surface area contributed by atoms with Gasteiger partial charge in [0.25, 0.3) is 0 Å². The van der Waals surface area contributed by atoms with Gasteiger partial charge in [0.1, 0.15) is 0 Å². The van der Waals surface area contributed by atoms with Crippen molar-refractivity contribution >= 4 is 21.4 Å².